The molecule has 0 spiro atoms. The van der Waals surface area contributed by atoms with Crippen LogP contribution in [0, 0.1) is 0 Å². The van der Waals surface area contributed by atoms with E-state index in [1.54, 1.807) is 7.11 Å². The van der Waals surface area contributed by atoms with Crippen molar-refractivity contribution in [3.63, 3.8) is 0 Å². The van der Waals surface area contributed by atoms with E-state index < -0.39 is 0 Å². The SMILES string of the molecule is CCCSC1NC(OC)C2NNN([C@H]3CC[C@@H](OCC(=O)OC)C3)C2N1. The predicted octanol–water partition coefficient (Wildman–Crippen LogP) is -0.291. The van der Waals surface area contributed by atoms with E-state index >= 15 is 0 Å². The highest BCUT2D eigenvalue weighted by Gasteiger charge is 2.48. The van der Waals surface area contributed by atoms with Crippen LogP contribution in [0.2, 0.25) is 0 Å². The van der Waals surface area contributed by atoms with E-state index in [0.29, 0.717) is 6.04 Å². The second-order valence-corrected chi connectivity index (χ2v) is 8.06. The molecule has 0 amide bonds. The van der Waals surface area contributed by atoms with Gasteiger partial charge in [-0.25, -0.2) is 15.2 Å². The molecule has 0 aromatic rings. The minimum absolute atomic E-state index is 0.0231. The number of ether oxygens (including phenoxy) is 3. The van der Waals surface area contributed by atoms with Gasteiger partial charge < -0.3 is 14.2 Å². The smallest absolute Gasteiger partial charge is 0.331 e. The maximum Gasteiger partial charge on any atom is 0.331 e. The molecule has 0 aromatic heterocycles. The van der Waals surface area contributed by atoms with Crippen molar-refractivity contribution in [2.24, 2.45) is 0 Å². The van der Waals surface area contributed by atoms with Gasteiger partial charge in [0.2, 0.25) is 0 Å². The van der Waals surface area contributed by atoms with Gasteiger partial charge in [-0.3, -0.25) is 10.6 Å². The highest BCUT2D eigenvalue weighted by molar-refractivity contribution is 7.99. The summed E-state index contributed by atoms with van der Waals surface area (Å²) in [5, 5.41) is 9.41. The Bertz CT molecular complexity index is 474. The van der Waals surface area contributed by atoms with E-state index in [4.69, 9.17) is 9.47 Å². The van der Waals surface area contributed by atoms with Gasteiger partial charge in [-0.05, 0) is 31.4 Å². The molecule has 0 radical (unpaired) electrons. The summed E-state index contributed by atoms with van der Waals surface area (Å²) in [6.07, 6.45) is 4.12. The van der Waals surface area contributed by atoms with Gasteiger partial charge in [-0.1, -0.05) is 6.92 Å². The summed E-state index contributed by atoms with van der Waals surface area (Å²) in [6, 6.07) is 0.439. The van der Waals surface area contributed by atoms with Crippen molar-refractivity contribution in [2.45, 2.75) is 68.7 Å². The van der Waals surface area contributed by atoms with E-state index in [9.17, 15) is 4.79 Å². The van der Waals surface area contributed by atoms with Crippen molar-refractivity contribution in [2.75, 3.05) is 26.6 Å². The molecular weight excluding hydrogens is 358 g/mol. The summed E-state index contributed by atoms with van der Waals surface area (Å²) in [5.74, 6) is 0.764. The van der Waals surface area contributed by atoms with E-state index in [0.717, 1.165) is 31.4 Å². The first-order valence-electron chi connectivity index (χ1n) is 9.30. The standard InChI is InChI=1S/C16H31N5O4S/c1-4-7-26-16-17-14-13(15(18-16)24-3)19-20-21(14)10-5-6-11(8-10)25-9-12(22)23-2/h10-11,13-20H,4-9H2,1-3H3/t10-,11+,13?,14?,15?,16?/m0/s1. The van der Waals surface area contributed by atoms with Gasteiger partial charge in [0.1, 0.15) is 18.3 Å². The van der Waals surface area contributed by atoms with Gasteiger partial charge in [0.05, 0.1) is 25.4 Å². The van der Waals surface area contributed by atoms with Gasteiger partial charge >= 0.3 is 5.97 Å². The van der Waals surface area contributed by atoms with Crippen LogP contribution in [0.25, 0.3) is 0 Å². The van der Waals surface area contributed by atoms with Crippen LogP contribution in [0.1, 0.15) is 32.6 Å². The van der Waals surface area contributed by atoms with Crippen molar-refractivity contribution < 1.29 is 19.0 Å². The minimum atomic E-state index is -0.326. The molecule has 1 aliphatic carbocycles. The molecule has 2 heterocycles. The molecule has 10 heteroatoms. The number of nitrogens with zero attached hydrogens (tertiary/aromatic N) is 1. The zero-order valence-electron chi connectivity index (χ0n) is 15.7. The summed E-state index contributed by atoms with van der Waals surface area (Å²) >= 11 is 1.86. The molecule has 3 aliphatic rings. The van der Waals surface area contributed by atoms with Gasteiger partial charge in [0, 0.05) is 13.2 Å². The first-order valence-corrected chi connectivity index (χ1v) is 10.4. The summed E-state index contributed by atoms with van der Waals surface area (Å²) in [5.41, 5.74) is 6.81. The Hall–Kier alpha value is -0.460. The van der Waals surface area contributed by atoms with Gasteiger partial charge in [-0.2, -0.15) is 5.53 Å². The highest BCUT2D eigenvalue weighted by Crippen LogP contribution is 2.30. The third-order valence-electron chi connectivity index (χ3n) is 5.12. The van der Waals surface area contributed by atoms with E-state index in [-0.39, 0.29) is 42.6 Å². The normalized spacial score (nSPS) is 37.7. The summed E-state index contributed by atoms with van der Waals surface area (Å²) in [4.78, 5) is 11.3. The highest BCUT2D eigenvalue weighted by atomic mass is 32.2. The molecule has 26 heavy (non-hydrogen) atoms. The third-order valence-corrected chi connectivity index (χ3v) is 6.37. The second kappa shape index (κ2) is 9.65. The lowest BCUT2D eigenvalue weighted by atomic mass is 10.1. The Kier molecular flexibility index (Phi) is 7.53. The van der Waals surface area contributed by atoms with E-state index in [1.807, 2.05) is 11.8 Å². The number of hydrazine groups is 2. The topological polar surface area (TPSA) is 96.1 Å². The maximum atomic E-state index is 11.3. The third kappa shape index (κ3) is 4.68. The Morgan fingerprint density at radius 2 is 2.12 bits per heavy atom. The van der Waals surface area contributed by atoms with Crippen LogP contribution in [0.4, 0.5) is 0 Å². The lowest BCUT2D eigenvalue weighted by molar-refractivity contribution is -0.148. The zero-order valence-corrected chi connectivity index (χ0v) is 16.5. The minimum Gasteiger partial charge on any atom is -0.467 e. The molecule has 3 rings (SSSR count). The monoisotopic (exact) mass is 389 g/mol. The molecule has 150 valence electrons. The van der Waals surface area contributed by atoms with E-state index in [2.05, 4.69) is 38.3 Å². The fraction of sp³-hybridized carbons (Fsp3) is 0.938. The number of carbonyl (C=O) groups is 1. The molecule has 3 fully saturated rings. The summed E-state index contributed by atoms with van der Waals surface area (Å²) in [7, 11) is 3.11. The largest absolute Gasteiger partial charge is 0.467 e. The first kappa shape index (κ1) is 20.3. The Morgan fingerprint density at radius 3 is 2.85 bits per heavy atom. The fourth-order valence-corrected chi connectivity index (χ4v) is 4.72. The predicted molar refractivity (Wildman–Crippen MR) is 98.7 cm³/mol. The first-order chi connectivity index (χ1) is 12.7. The van der Waals surface area contributed by atoms with Crippen LogP contribution in [-0.4, -0.2) is 73.6 Å². The molecule has 4 N–H and O–H groups in total. The van der Waals surface area contributed by atoms with Gasteiger partial charge in [0.25, 0.3) is 0 Å². The van der Waals surface area contributed by atoms with Crippen LogP contribution >= 0.6 is 11.8 Å². The van der Waals surface area contributed by atoms with Crippen LogP contribution < -0.4 is 21.6 Å². The van der Waals surface area contributed by atoms with Crippen molar-refractivity contribution in [1.82, 2.24) is 26.6 Å². The van der Waals surface area contributed by atoms with Crippen LogP contribution in [0.3, 0.4) is 0 Å². The number of hydrogen-bond acceptors (Lipinski definition) is 10. The number of hydrogen-bond donors (Lipinski definition) is 4. The molecule has 4 unspecified atom stereocenters. The lowest BCUT2D eigenvalue weighted by Gasteiger charge is -2.41. The number of esters is 1. The number of fused-ring (bicyclic) bond motifs is 1. The van der Waals surface area contributed by atoms with Crippen molar-refractivity contribution >= 4 is 17.7 Å². The van der Waals surface area contributed by atoms with Crippen molar-refractivity contribution in [3.8, 4) is 0 Å². The molecule has 9 nitrogen and oxygen atoms in total. The number of carbonyl (C=O) groups excluding carboxylic acids is 1. The lowest BCUT2D eigenvalue weighted by Crippen LogP contribution is -2.69. The van der Waals surface area contributed by atoms with Crippen LogP contribution in [0.5, 0.6) is 0 Å². The fourth-order valence-electron chi connectivity index (χ4n) is 3.78. The summed E-state index contributed by atoms with van der Waals surface area (Å²) in [6.45, 7) is 2.21. The van der Waals surface area contributed by atoms with Gasteiger partial charge in [-0.15, -0.1) is 11.8 Å². The molecule has 0 aromatic carbocycles. The van der Waals surface area contributed by atoms with Crippen LogP contribution in [0.15, 0.2) is 0 Å². The molecule has 0 bridgehead atoms. The van der Waals surface area contributed by atoms with Crippen molar-refractivity contribution in [1.29, 1.82) is 0 Å². The molecular formula is C16H31N5O4S. The average Bonchev–Trinajstić information content (AvgIpc) is 3.30. The number of methoxy groups -OCH3 is 2. The molecule has 2 saturated heterocycles. The Morgan fingerprint density at radius 1 is 1.27 bits per heavy atom. The molecule has 2 aliphatic heterocycles. The number of thioether (sulfide) groups is 1. The zero-order chi connectivity index (χ0) is 18.5. The number of rotatable bonds is 8. The second-order valence-electron chi connectivity index (χ2n) is 6.85. The molecule has 6 atom stereocenters. The van der Waals surface area contributed by atoms with E-state index in [1.165, 1.54) is 7.11 Å². The summed E-state index contributed by atoms with van der Waals surface area (Å²) < 4.78 is 16.0. The van der Waals surface area contributed by atoms with Crippen LogP contribution in [-0.2, 0) is 19.0 Å². The number of nitrogens with one attached hydrogen (secondary N) is 4. The average molecular weight is 390 g/mol. The molecule has 1 saturated carbocycles. The maximum absolute atomic E-state index is 11.3. The Balaban J connectivity index is 1.56. The van der Waals surface area contributed by atoms with Gasteiger partial charge in [0.15, 0.2) is 0 Å². The van der Waals surface area contributed by atoms with Crippen molar-refractivity contribution in [3.05, 3.63) is 0 Å². The quantitative estimate of drug-likeness (QED) is 0.415. The Labute approximate surface area is 159 Å².